The van der Waals surface area contributed by atoms with Gasteiger partial charge in [0, 0.05) is 16.8 Å². The summed E-state index contributed by atoms with van der Waals surface area (Å²) in [5.41, 5.74) is 1.59. The summed E-state index contributed by atoms with van der Waals surface area (Å²) in [5.74, 6) is 1.94. The van der Waals surface area contributed by atoms with Gasteiger partial charge in [-0.3, -0.25) is 4.79 Å². The van der Waals surface area contributed by atoms with E-state index in [4.69, 9.17) is 4.98 Å². The van der Waals surface area contributed by atoms with Crippen molar-refractivity contribution in [1.29, 1.82) is 0 Å². The molecule has 7 heteroatoms. The second kappa shape index (κ2) is 8.92. The first-order chi connectivity index (χ1) is 18.3. The zero-order chi connectivity index (χ0) is 26.1. The van der Waals surface area contributed by atoms with Crippen LogP contribution in [0.3, 0.4) is 0 Å². The van der Waals surface area contributed by atoms with Crippen LogP contribution in [0.5, 0.6) is 0 Å². The SMILES string of the molecule is O=C(O)c1cc(NC(=O)c2nc(C34CCC(CC3)CC4)[nH]c2CCC23CC4CC(CC(C4)C2)C3)ccc1F. The normalized spacial score (nSPS) is 35.0. The van der Waals surface area contributed by atoms with Gasteiger partial charge in [-0.15, -0.1) is 0 Å². The first-order valence-electron chi connectivity index (χ1n) is 14.7. The number of fused-ring (bicyclic) bond motifs is 3. The molecule has 1 heterocycles. The van der Waals surface area contributed by atoms with E-state index in [1.54, 1.807) is 0 Å². The molecular weight excluding hydrogens is 481 g/mol. The number of imidazole rings is 1. The minimum atomic E-state index is -1.36. The van der Waals surface area contributed by atoms with Gasteiger partial charge in [0.2, 0.25) is 0 Å². The number of aromatic carboxylic acids is 1. The number of carboxylic acids is 1. The van der Waals surface area contributed by atoms with Crippen LogP contribution in [0.2, 0.25) is 0 Å². The molecule has 7 aliphatic rings. The van der Waals surface area contributed by atoms with Gasteiger partial charge in [-0.2, -0.15) is 0 Å². The van der Waals surface area contributed by atoms with Crippen molar-refractivity contribution in [1.82, 2.24) is 9.97 Å². The molecule has 7 saturated carbocycles. The van der Waals surface area contributed by atoms with Gasteiger partial charge in [-0.1, -0.05) is 0 Å². The van der Waals surface area contributed by atoms with Crippen molar-refractivity contribution in [2.24, 2.45) is 29.1 Å². The highest BCUT2D eigenvalue weighted by atomic mass is 19.1. The smallest absolute Gasteiger partial charge is 0.338 e. The molecule has 0 radical (unpaired) electrons. The number of carbonyl (C=O) groups is 2. The Morgan fingerprint density at radius 3 is 2.24 bits per heavy atom. The largest absolute Gasteiger partial charge is 0.478 e. The summed E-state index contributed by atoms with van der Waals surface area (Å²) in [6.07, 6.45) is 17.2. The van der Waals surface area contributed by atoms with E-state index in [0.29, 0.717) is 11.1 Å². The van der Waals surface area contributed by atoms with Crippen LogP contribution >= 0.6 is 0 Å². The van der Waals surface area contributed by atoms with Crippen molar-refractivity contribution in [3.63, 3.8) is 0 Å². The molecule has 7 fully saturated rings. The fraction of sp³-hybridized carbons (Fsp3) is 0.645. The molecule has 3 N–H and O–H groups in total. The van der Waals surface area contributed by atoms with Gasteiger partial charge in [0.1, 0.15) is 17.3 Å². The Hall–Kier alpha value is -2.70. The number of carbonyl (C=O) groups excluding carboxylic acids is 1. The third-order valence-electron chi connectivity index (χ3n) is 11.1. The minimum Gasteiger partial charge on any atom is -0.478 e. The van der Waals surface area contributed by atoms with E-state index >= 15 is 0 Å². The predicted molar refractivity (Wildman–Crippen MR) is 142 cm³/mol. The molecule has 202 valence electrons. The van der Waals surface area contributed by atoms with E-state index in [1.165, 1.54) is 69.9 Å². The van der Waals surface area contributed by atoms with E-state index < -0.39 is 17.3 Å². The molecule has 0 unspecified atom stereocenters. The molecule has 0 spiro atoms. The van der Waals surface area contributed by atoms with Crippen LogP contribution in [0.1, 0.15) is 116 Å². The fourth-order valence-corrected chi connectivity index (χ4v) is 9.58. The number of hydrogen-bond acceptors (Lipinski definition) is 3. The fourth-order valence-electron chi connectivity index (χ4n) is 9.58. The number of nitrogens with one attached hydrogen (secondary N) is 2. The molecule has 6 bridgehead atoms. The van der Waals surface area contributed by atoms with Gasteiger partial charge < -0.3 is 15.4 Å². The van der Waals surface area contributed by atoms with E-state index in [0.717, 1.165) is 73.4 Å². The number of anilines is 1. The van der Waals surface area contributed by atoms with Crippen molar-refractivity contribution in [3.05, 3.63) is 46.8 Å². The Morgan fingerprint density at radius 1 is 1.00 bits per heavy atom. The number of rotatable bonds is 7. The molecule has 0 aliphatic heterocycles. The van der Waals surface area contributed by atoms with Crippen LogP contribution in [0.4, 0.5) is 10.1 Å². The highest BCUT2D eigenvalue weighted by Gasteiger charge is 2.50. The maximum Gasteiger partial charge on any atom is 0.338 e. The van der Waals surface area contributed by atoms with E-state index in [2.05, 4.69) is 10.3 Å². The highest BCUT2D eigenvalue weighted by molar-refractivity contribution is 6.04. The quantitative estimate of drug-likeness (QED) is 0.372. The molecule has 1 aromatic heterocycles. The summed E-state index contributed by atoms with van der Waals surface area (Å²) >= 11 is 0. The third-order valence-corrected chi connectivity index (χ3v) is 11.1. The number of halogens is 1. The maximum atomic E-state index is 13.9. The third kappa shape index (κ3) is 4.17. The van der Waals surface area contributed by atoms with Gasteiger partial charge in [-0.05, 0) is 137 Å². The molecule has 1 aromatic carbocycles. The number of benzene rings is 1. The van der Waals surface area contributed by atoms with E-state index in [9.17, 15) is 19.1 Å². The van der Waals surface area contributed by atoms with Crippen molar-refractivity contribution in [2.45, 2.75) is 95.3 Å². The number of aryl methyl sites for hydroxylation is 1. The molecule has 7 aliphatic carbocycles. The van der Waals surface area contributed by atoms with Crippen molar-refractivity contribution in [2.75, 3.05) is 5.32 Å². The van der Waals surface area contributed by atoms with Crippen molar-refractivity contribution in [3.8, 4) is 0 Å². The number of nitrogens with zero attached hydrogens (tertiary/aromatic N) is 1. The Balaban J connectivity index is 1.17. The lowest BCUT2D eigenvalue weighted by Crippen LogP contribution is -2.46. The average molecular weight is 520 g/mol. The van der Waals surface area contributed by atoms with E-state index in [-0.39, 0.29) is 17.0 Å². The van der Waals surface area contributed by atoms with Crippen LogP contribution in [0, 0.1) is 34.9 Å². The summed E-state index contributed by atoms with van der Waals surface area (Å²) < 4.78 is 13.9. The number of carboxylic acid groups (broad SMARTS) is 1. The Kier molecular flexibility index (Phi) is 5.72. The Bertz CT molecular complexity index is 1230. The average Bonchev–Trinajstić information content (AvgIpc) is 3.34. The van der Waals surface area contributed by atoms with Crippen LogP contribution < -0.4 is 5.32 Å². The molecular formula is C31H38FN3O3. The van der Waals surface area contributed by atoms with E-state index in [1.807, 2.05) is 0 Å². The van der Waals surface area contributed by atoms with Crippen LogP contribution in [0.15, 0.2) is 18.2 Å². The number of hydrogen-bond donors (Lipinski definition) is 3. The molecule has 6 nitrogen and oxygen atoms in total. The standard InChI is InChI=1S/C31H38FN3O3/c32-24-2-1-22(14-23(24)28(37)38)33-27(36)26-25(34-29(35-26)31-8-3-18(4-9-31)5-10-31)6-7-30-15-19-11-20(16-30)13-21(12-19)17-30/h1-2,14,18-21H,3-13,15-17H2,(H,33,36)(H,34,35)(H,37,38). The monoisotopic (exact) mass is 519 g/mol. The lowest BCUT2D eigenvalue weighted by Gasteiger charge is -2.57. The second-order valence-electron chi connectivity index (χ2n) is 13.5. The zero-order valence-electron chi connectivity index (χ0n) is 22.0. The maximum absolute atomic E-state index is 13.9. The van der Waals surface area contributed by atoms with Gasteiger partial charge in [-0.25, -0.2) is 14.2 Å². The molecule has 2 aromatic rings. The number of amides is 1. The number of aromatic nitrogens is 2. The topological polar surface area (TPSA) is 95.1 Å². The Morgan fingerprint density at radius 2 is 1.63 bits per heavy atom. The summed E-state index contributed by atoms with van der Waals surface area (Å²) in [5, 5.41) is 12.1. The number of aromatic amines is 1. The van der Waals surface area contributed by atoms with Gasteiger partial charge in [0.15, 0.2) is 0 Å². The van der Waals surface area contributed by atoms with Gasteiger partial charge in [0.05, 0.1) is 5.56 Å². The summed E-state index contributed by atoms with van der Waals surface area (Å²) in [6, 6.07) is 3.67. The molecule has 1 amide bonds. The molecule has 0 atom stereocenters. The first-order valence-corrected chi connectivity index (χ1v) is 14.7. The summed E-state index contributed by atoms with van der Waals surface area (Å²) in [4.78, 5) is 33.7. The lowest BCUT2D eigenvalue weighted by molar-refractivity contribution is -0.0570. The minimum absolute atomic E-state index is 0.0368. The van der Waals surface area contributed by atoms with Gasteiger partial charge >= 0.3 is 5.97 Å². The first kappa shape index (κ1) is 24.3. The predicted octanol–water partition coefficient (Wildman–Crippen LogP) is 6.87. The Labute approximate surface area is 223 Å². The highest BCUT2D eigenvalue weighted by Crippen LogP contribution is 2.61. The lowest BCUT2D eigenvalue weighted by atomic mass is 9.48. The molecule has 9 rings (SSSR count). The van der Waals surface area contributed by atoms with Crippen LogP contribution in [-0.4, -0.2) is 27.0 Å². The van der Waals surface area contributed by atoms with Crippen LogP contribution in [-0.2, 0) is 11.8 Å². The van der Waals surface area contributed by atoms with Crippen molar-refractivity contribution < 1.29 is 19.1 Å². The summed E-state index contributed by atoms with van der Waals surface area (Å²) in [6.45, 7) is 0. The van der Waals surface area contributed by atoms with Crippen LogP contribution in [0.25, 0.3) is 0 Å². The molecule has 38 heavy (non-hydrogen) atoms. The zero-order valence-corrected chi connectivity index (χ0v) is 22.0. The molecule has 0 saturated heterocycles. The second-order valence-corrected chi connectivity index (χ2v) is 13.5. The van der Waals surface area contributed by atoms with Crippen molar-refractivity contribution >= 4 is 17.6 Å². The van der Waals surface area contributed by atoms with Gasteiger partial charge in [0.25, 0.3) is 5.91 Å². The summed E-state index contributed by atoms with van der Waals surface area (Å²) in [7, 11) is 0. The number of H-pyrrole nitrogens is 1.